The van der Waals surface area contributed by atoms with Gasteiger partial charge in [0.2, 0.25) is 0 Å². The minimum absolute atomic E-state index is 0.114. The van der Waals surface area contributed by atoms with Crippen LogP contribution in [0.1, 0.15) is 35.3 Å². The fourth-order valence-electron chi connectivity index (χ4n) is 3.75. The Morgan fingerprint density at radius 3 is 2.36 bits per heavy atom. The molecular formula is C23H20F2N2O. The van der Waals surface area contributed by atoms with E-state index in [0.717, 1.165) is 11.3 Å². The van der Waals surface area contributed by atoms with Gasteiger partial charge in [-0.15, -0.1) is 0 Å². The fraction of sp³-hybridized carbons (Fsp3) is 0.174. The number of hydrogen-bond acceptors (Lipinski definition) is 2. The van der Waals surface area contributed by atoms with E-state index in [-0.39, 0.29) is 23.8 Å². The summed E-state index contributed by atoms with van der Waals surface area (Å²) < 4.78 is 27.3. The number of para-hydroxylation sites is 1. The molecule has 0 saturated carbocycles. The Morgan fingerprint density at radius 2 is 1.64 bits per heavy atom. The molecule has 0 fully saturated rings. The number of fused-ring (bicyclic) bond motifs is 1. The topological polar surface area (TPSA) is 32.3 Å². The second kappa shape index (κ2) is 7.43. The van der Waals surface area contributed by atoms with Crippen LogP contribution in [-0.4, -0.2) is 11.9 Å². The number of hydrogen-bond donors (Lipinski definition) is 1. The van der Waals surface area contributed by atoms with Gasteiger partial charge in [0, 0.05) is 28.5 Å². The third-order valence-electron chi connectivity index (χ3n) is 5.07. The minimum Gasteiger partial charge on any atom is -0.378 e. The van der Waals surface area contributed by atoms with Crippen LogP contribution in [0.2, 0.25) is 0 Å². The van der Waals surface area contributed by atoms with E-state index < -0.39 is 5.82 Å². The lowest BCUT2D eigenvalue weighted by atomic mass is 9.90. The quantitative estimate of drug-likeness (QED) is 0.647. The third-order valence-corrected chi connectivity index (χ3v) is 5.07. The molecule has 3 aromatic carbocycles. The lowest BCUT2D eigenvalue weighted by molar-refractivity contribution is 0.0974. The van der Waals surface area contributed by atoms with Crippen LogP contribution in [0.15, 0.2) is 72.8 Å². The lowest BCUT2D eigenvalue weighted by Crippen LogP contribution is -2.44. The van der Waals surface area contributed by atoms with E-state index in [1.807, 2.05) is 37.3 Å². The Labute approximate surface area is 162 Å². The Hall–Kier alpha value is -3.21. The van der Waals surface area contributed by atoms with Gasteiger partial charge in [-0.1, -0.05) is 18.2 Å². The molecular weight excluding hydrogens is 358 g/mol. The molecule has 3 aromatic rings. The van der Waals surface area contributed by atoms with Gasteiger partial charge in [0.1, 0.15) is 11.6 Å². The van der Waals surface area contributed by atoms with E-state index in [4.69, 9.17) is 0 Å². The van der Waals surface area contributed by atoms with Gasteiger partial charge >= 0.3 is 0 Å². The molecule has 28 heavy (non-hydrogen) atoms. The van der Waals surface area contributed by atoms with Gasteiger partial charge in [-0.25, -0.2) is 8.78 Å². The average Bonchev–Trinajstić information content (AvgIpc) is 2.69. The Bertz CT molecular complexity index is 989. The summed E-state index contributed by atoms with van der Waals surface area (Å²) in [4.78, 5) is 14.8. The first-order chi connectivity index (χ1) is 13.5. The number of carbonyl (C=O) groups excluding carboxylic acids is 1. The maximum atomic E-state index is 14.0. The van der Waals surface area contributed by atoms with Gasteiger partial charge in [0.05, 0.1) is 6.04 Å². The SMILES string of the molecule is C[C@@H]1C[C@H](Nc2ccccc2)c2cc(F)ccc2N1C(=O)c1ccc(F)cc1. The molecule has 3 nitrogen and oxygen atoms in total. The summed E-state index contributed by atoms with van der Waals surface area (Å²) in [7, 11) is 0. The molecule has 0 aliphatic carbocycles. The van der Waals surface area contributed by atoms with Crippen molar-refractivity contribution in [2.75, 3.05) is 10.2 Å². The summed E-state index contributed by atoms with van der Waals surface area (Å²) >= 11 is 0. The number of carbonyl (C=O) groups is 1. The van der Waals surface area contributed by atoms with Crippen molar-refractivity contribution >= 4 is 17.3 Å². The zero-order valence-corrected chi connectivity index (χ0v) is 15.4. The first-order valence-electron chi connectivity index (χ1n) is 9.23. The largest absolute Gasteiger partial charge is 0.378 e. The van der Waals surface area contributed by atoms with Crippen molar-refractivity contribution in [3.8, 4) is 0 Å². The molecule has 1 aliphatic heterocycles. The molecule has 0 spiro atoms. The fourth-order valence-corrected chi connectivity index (χ4v) is 3.75. The van der Waals surface area contributed by atoms with E-state index in [9.17, 15) is 13.6 Å². The van der Waals surface area contributed by atoms with Crippen molar-refractivity contribution in [2.24, 2.45) is 0 Å². The molecule has 4 rings (SSSR count). The summed E-state index contributed by atoms with van der Waals surface area (Å²) in [5.74, 6) is -0.960. The molecule has 1 amide bonds. The normalized spacial score (nSPS) is 18.5. The van der Waals surface area contributed by atoms with Crippen LogP contribution in [0.5, 0.6) is 0 Å². The number of benzene rings is 3. The summed E-state index contributed by atoms with van der Waals surface area (Å²) in [6.07, 6.45) is 0.623. The summed E-state index contributed by atoms with van der Waals surface area (Å²) in [6.45, 7) is 1.97. The van der Waals surface area contributed by atoms with Crippen molar-refractivity contribution in [2.45, 2.75) is 25.4 Å². The van der Waals surface area contributed by atoms with E-state index >= 15 is 0 Å². The van der Waals surface area contributed by atoms with Crippen LogP contribution in [0.25, 0.3) is 0 Å². The van der Waals surface area contributed by atoms with E-state index in [1.54, 1.807) is 11.0 Å². The predicted molar refractivity (Wildman–Crippen MR) is 106 cm³/mol. The van der Waals surface area contributed by atoms with Gasteiger partial charge in [-0.2, -0.15) is 0 Å². The summed E-state index contributed by atoms with van der Waals surface area (Å²) in [6, 6.07) is 19.5. The van der Waals surface area contributed by atoms with Crippen LogP contribution in [-0.2, 0) is 0 Å². The molecule has 0 saturated heterocycles. The highest BCUT2D eigenvalue weighted by molar-refractivity contribution is 6.07. The summed E-state index contributed by atoms with van der Waals surface area (Å²) in [5.41, 5.74) is 2.74. The molecule has 1 aliphatic rings. The molecule has 0 bridgehead atoms. The standard InChI is InChI=1S/C23H20F2N2O/c1-15-13-21(26-19-5-3-2-4-6-19)20-14-18(25)11-12-22(20)27(15)23(28)16-7-9-17(24)10-8-16/h2-12,14-15,21,26H,13H2,1H3/t15-,21+/m1/s1. The van der Waals surface area contributed by atoms with E-state index in [1.165, 1.54) is 36.4 Å². The number of anilines is 2. The zero-order valence-electron chi connectivity index (χ0n) is 15.4. The molecule has 142 valence electrons. The number of nitrogens with one attached hydrogen (secondary N) is 1. The van der Waals surface area contributed by atoms with Crippen LogP contribution < -0.4 is 10.2 Å². The second-order valence-corrected chi connectivity index (χ2v) is 7.03. The minimum atomic E-state index is -0.391. The van der Waals surface area contributed by atoms with Gasteiger partial charge in [-0.05, 0) is 67.9 Å². The van der Waals surface area contributed by atoms with E-state index in [2.05, 4.69) is 5.32 Å². The van der Waals surface area contributed by atoms with E-state index in [0.29, 0.717) is 17.7 Å². The predicted octanol–water partition coefficient (Wildman–Crippen LogP) is 5.56. The average molecular weight is 378 g/mol. The molecule has 2 atom stereocenters. The maximum Gasteiger partial charge on any atom is 0.258 e. The van der Waals surface area contributed by atoms with Gasteiger partial charge < -0.3 is 10.2 Å². The summed E-state index contributed by atoms with van der Waals surface area (Å²) in [5, 5.41) is 3.45. The Balaban J connectivity index is 1.72. The van der Waals surface area contributed by atoms with Gasteiger partial charge in [-0.3, -0.25) is 4.79 Å². The first kappa shape index (κ1) is 18.2. The van der Waals surface area contributed by atoms with Crippen LogP contribution in [0, 0.1) is 11.6 Å². The van der Waals surface area contributed by atoms with Crippen LogP contribution in [0.4, 0.5) is 20.2 Å². The molecule has 0 unspecified atom stereocenters. The van der Waals surface area contributed by atoms with Gasteiger partial charge in [0.15, 0.2) is 0 Å². The lowest BCUT2D eigenvalue weighted by Gasteiger charge is -2.40. The van der Waals surface area contributed by atoms with Crippen molar-refractivity contribution < 1.29 is 13.6 Å². The number of nitrogens with zero attached hydrogens (tertiary/aromatic N) is 1. The van der Waals surface area contributed by atoms with Crippen molar-refractivity contribution in [1.29, 1.82) is 0 Å². The second-order valence-electron chi connectivity index (χ2n) is 7.03. The molecule has 0 radical (unpaired) electrons. The van der Waals surface area contributed by atoms with Crippen LogP contribution >= 0.6 is 0 Å². The molecule has 5 heteroatoms. The van der Waals surface area contributed by atoms with Crippen LogP contribution in [0.3, 0.4) is 0 Å². The molecule has 1 heterocycles. The van der Waals surface area contributed by atoms with Crippen molar-refractivity contribution in [3.05, 3.63) is 95.6 Å². The Kier molecular flexibility index (Phi) is 4.82. The molecule has 1 N–H and O–H groups in total. The monoisotopic (exact) mass is 378 g/mol. The van der Waals surface area contributed by atoms with Crippen molar-refractivity contribution in [1.82, 2.24) is 0 Å². The third kappa shape index (κ3) is 3.48. The first-order valence-corrected chi connectivity index (χ1v) is 9.23. The molecule has 0 aromatic heterocycles. The number of rotatable bonds is 3. The number of amides is 1. The highest BCUT2D eigenvalue weighted by Crippen LogP contribution is 2.40. The zero-order chi connectivity index (χ0) is 19.7. The number of halogens is 2. The highest BCUT2D eigenvalue weighted by atomic mass is 19.1. The Morgan fingerprint density at radius 1 is 0.964 bits per heavy atom. The smallest absolute Gasteiger partial charge is 0.258 e. The van der Waals surface area contributed by atoms with Gasteiger partial charge in [0.25, 0.3) is 5.91 Å². The maximum absolute atomic E-state index is 14.0. The highest BCUT2D eigenvalue weighted by Gasteiger charge is 2.34. The van der Waals surface area contributed by atoms with Crippen molar-refractivity contribution in [3.63, 3.8) is 0 Å².